The van der Waals surface area contributed by atoms with Gasteiger partial charge in [0.05, 0.1) is 18.8 Å². The summed E-state index contributed by atoms with van der Waals surface area (Å²) in [6.07, 6.45) is 3.33. The maximum absolute atomic E-state index is 12.8. The van der Waals surface area contributed by atoms with Gasteiger partial charge in [-0.25, -0.2) is 4.98 Å². The molecule has 2 fully saturated rings. The third-order valence-corrected chi connectivity index (χ3v) is 5.16. The van der Waals surface area contributed by atoms with E-state index in [1.54, 1.807) is 13.0 Å². The average Bonchev–Trinajstić information content (AvgIpc) is 3.13. The van der Waals surface area contributed by atoms with Crippen LogP contribution >= 0.6 is 0 Å². The van der Waals surface area contributed by atoms with Gasteiger partial charge in [-0.1, -0.05) is 11.2 Å². The molecule has 28 heavy (non-hydrogen) atoms. The first-order chi connectivity index (χ1) is 13.4. The molecule has 8 nitrogen and oxygen atoms in total. The Morgan fingerprint density at radius 2 is 2.11 bits per heavy atom. The Morgan fingerprint density at radius 3 is 2.75 bits per heavy atom. The van der Waals surface area contributed by atoms with Gasteiger partial charge in [0, 0.05) is 25.0 Å². The van der Waals surface area contributed by atoms with Gasteiger partial charge in [0.25, 0.3) is 5.91 Å². The molecule has 0 spiro atoms. The van der Waals surface area contributed by atoms with Gasteiger partial charge in [0.2, 0.25) is 11.8 Å². The highest BCUT2D eigenvalue weighted by Gasteiger charge is 2.30. The van der Waals surface area contributed by atoms with Crippen molar-refractivity contribution in [2.45, 2.75) is 51.5 Å². The van der Waals surface area contributed by atoms with Crippen molar-refractivity contribution in [1.29, 1.82) is 0 Å². The lowest BCUT2D eigenvalue weighted by Crippen LogP contribution is -2.42. The summed E-state index contributed by atoms with van der Waals surface area (Å²) >= 11 is 0. The summed E-state index contributed by atoms with van der Waals surface area (Å²) < 4.78 is 16.5. The third-order valence-electron chi connectivity index (χ3n) is 5.16. The number of carbonyl (C=O) groups excluding carboxylic acids is 1. The maximum Gasteiger partial charge on any atom is 0.270 e. The molecule has 1 aliphatic heterocycles. The van der Waals surface area contributed by atoms with Crippen LogP contribution in [-0.4, -0.2) is 40.9 Å². The van der Waals surface area contributed by atoms with Crippen molar-refractivity contribution in [2.24, 2.45) is 5.92 Å². The first-order valence-corrected chi connectivity index (χ1v) is 9.77. The minimum absolute atomic E-state index is 0.262. The van der Waals surface area contributed by atoms with E-state index in [9.17, 15) is 4.79 Å². The molecule has 4 rings (SSSR count). The van der Waals surface area contributed by atoms with E-state index >= 15 is 0 Å². The summed E-state index contributed by atoms with van der Waals surface area (Å²) in [5, 5.41) is 6.84. The number of amides is 1. The fraction of sp³-hybridized carbons (Fsp3) is 0.600. The molecule has 1 atom stereocenters. The van der Waals surface area contributed by atoms with Crippen LogP contribution in [0.15, 0.2) is 16.7 Å². The zero-order valence-electron chi connectivity index (χ0n) is 16.5. The number of pyridine rings is 1. The van der Waals surface area contributed by atoms with E-state index in [0.717, 1.165) is 18.6 Å². The molecule has 150 valence electrons. The highest BCUT2D eigenvalue weighted by atomic mass is 16.5. The van der Waals surface area contributed by atoms with Crippen molar-refractivity contribution in [3.63, 3.8) is 0 Å². The van der Waals surface area contributed by atoms with E-state index in [1.165, 1.54) is 12.8 Å². The first-order valence-electron chi connectivity index (χ1n) is 9.77. The molecule has 0 bridgehead atoms. The molecule has 0 aromatic carbocycles. The van der Waals surface area contributed by atoms with Crippen LogP contribution in [0.1, 0.15) is 66.8 Å². The van der Waals surface area contributed by atoms with E-state index in [1.807, 2.05) is 19.9 Å². The average molecular weight is 386 g/mol. The van der Waals surface area contributed by atoms with Crippen molar-refractivity contribution in [2.75, 3.05) is 19.8 Å². The molecule has 1 saturated heterocycles. The van der Waals surface area contributed by atoms with Crippen molar-refractivity contribution < 1.29 is 18.8 Å². The van der Waals surface area contributed by atoms with Crippen LogP contribution in [-0.2, 0) is 10.3 Å². The predicted molar refractivity (Wildman–Crippen MR) is 100 cm³/mol. The molecular weight excluding hydrogens is 360 g/mol. The lowest BCUT2D eigenvalue weighted by atomic mass is 9.99. The van der Waals surface area contributed by atoms with Gasteiger partial charge in [-0.05, 0) is 45.1 Å². The highest BCUT2D eigenvalue weighted by Crippen LogP contribution is 2.34. The zero-order valence-corrected chi connectivity index (χ0v) is 16.5. The Balaban J connectivity index is 1.54. The number of aryl methyl sites for hydroxylation is 1. The van der Waals surface area contributed by atoms with Gasteiger partial charge in [-0.3, -0.25) is 4.79 Å². The quantitative estimate of drug-likeness (QED) is 0.781. The van der Waals surface area contributed by atoms with Gasteiger partial charge >= 0.3 is 0 Å². The van der Waals surface area contributed by atoms with Gasteiger partial charge in [-0.2, -0.15) is 4.98 Å². The lowest BCUT2D eigenvalue weighted by molar-refractivity contribution is 0.0901. The number of nitrogens with zero attached hydrogens (tertiary/aromatic N) is 3. The minimum Gasteiger partial charge on any atom is -0.477 e. The minimum atomic E-state index is -0.788. The Bertz CT molecular complexity index is 854. The summed E-state index contributed by atoms with van der Waals surface area (Å²) in [6.45, 7) is 7.41. The Hall–Kier alpha value is -2.48. The number of hydrogen-bond donors (Lipinski definition) is 1. The van der Waals surface area contributed by atoms with Crippen molar-refractivity contribution in [3.8, 4) is 5.88 Å². The van der Waals surface area contributed by atoms with Crippen LogP contribution in [0.2, 0.25) is 0 Å². The van der Waals surface area contributed by atoms with Crippen molar-refractivity contribution >= 4 is 5.91 Å². The second kappa shape index (κ2) is 7.50. The van der Waals surface area contributed by atoms with Crippen LogP contribution in [0, 0.1) is 12.8 Å². The second-order valence-electron chi connectivity index (χ2n) is 8.12. The molecule has 2 aliphatic rings. The third kappa shape index (κ3) is 4.16. The van der Waals surface area contributed by atoms with Crippen molar-refractivity contribution in [3.05, 3.63) is 35.1 Å². The molecule has 2 aromatic rings. The standard InChI is InChI=1S/C20H26N4O4/c1-12-21-19(24-28-12)20(2,3)23-17(25)16-7-6-15(14-8-9-26-11-14)18(22-16)27-10-13-4-5-13/h6-7,13-14H,4-5,8-11H2,1-3H3,(H,23,25). The lowest BCUT2D eigenvalue weighted by Gasteiger charge is -2.22. The Labute approximate surface area is 164 Å². The number of ether oxygens (including phenoxy) is 2. The Morgan fingerprint density at radius 1 is 1.29 bits per heavy atom. The van der Waals surface area contributed by atoms with Crippen LogP contribution in [0.5, 0.6) is 5.88 Å². The number of carbonyl (C=O) groups is 1. The topological polar surface area (TPSA) is 99.4 Å². The molecule has 1 aliphatic carbocycles. The van der Waals surface area contributed by atoms with Crippen LogP contribution < -0.4 is 10.1 Å². The van der Waals surface area contributed by atoms with Gasteiger partial charge in [0.1, 0.15) is 5.69 Å². The molecule has 2 aromatic heterocycles. The van der Waals surface area contributed by atoms with Crippen LogP contribution in [0.25, 0.3) is 0 Å². The van der Waals surface area contributed by atoms with Gasteiger partial charge in [0.15, 0.2) is 5.82 Å². The number of rotatable bonds is 7. The molecule has 1 saturated carbocycles. The van der Waals surface area contributed by atoms with Gasteiger partial charge in [-0.15, -0.1) is 0 Å². The molecule has 1 amide bonds. The summed E-state index contributed by atoms with van der Waals surface area (Å²) in [6, 6.07) is 3.68. The smallest absolute Gasteiger partial charge is 0.270 e. The summed E-state index contributed by atoms with van der Waals surface area (Å²) in [5.41, 5.74) is 0.535. The largest absolute Gasteiger partial charge is 0.477 e. The SMILES string of the molecule is Cc1nc(C(C)(C)NC(=O)c2ccc(C3CCOC3)c(OCC3CC3)n2)no1. The molecular formula is C20H26N4O4. The monoisotopic (exact) mass is 386 g/mol. The van der Waals surface area contributed by atoms with E-state index in [-0.39, 0.29) is 11.8 Å². The van der Waals surface area contributed by atoms with Gasteiger partial charge < -0.3 is 19.3 Å². The number of aromatic nitrogens is 3. The zero-order chi connectivity index (χ0) is 19.7. The fourth-order valence-corrected chi connectivity index (χ4v) is 3.22. The van der Waals surface area contributed by atoms with Crippen LogP contribution in [0.4, 0.5) is 0 Å². The van der Waals surface area contributed by atoms with Crippen molar-refractivity contribution in [1.82, 2.24) is 20.4 Å². The van der Waals surface area contributed by atoms with E-state index < -0.39 is 5.54 Å². The molecule has 8 heteroatoms. The van der Waals surface area contributed by atoms with E-state index in [4.69, 9.17) is 14.0 Å². The predicted octanol–water partition coefficient (Wildman–Crippen LogP) is 2.73. The number of hydrogen-bond acceptors (Lipinski definition) is 7. The highest BCUT2D eigenvalue weighted by molar-refractivity contribution is 5.93. The molecule has 0 radical (unpaired) electrons. The molecule has 1 unspecified atom stereocenters. The van der Waals surface area contributed by atoms with E-state index in [2.05, 4.69) is 20.4 Å². The normalized spacial score (nSPS) is 19.6. The fourth-order valence-electron chi connectivity index (χ4n) is 3.22. The van der Waals surface area contributed by atoms with E-state index in [0.29, 0.717) is 42.4 Å². The number of nitrogens with one attached hydrogen (secondary N) is 1. The summed E-state index contributed by atoms with van der Waals surface area (Å²) in [5.74, 6) is 1.98. The summed E-state index contributed by atoms with van der Waals surface area (Å²) in [4.78, 5) is 21.6. The first kappa shape index (κ1) is 18.9. The maximum atomic E-state index is 12.8. The van der Waals surface area contributed by atoms with Crippen LogP contribution in [0.3, 0.4) is 0 Å². The Kier molecular flexibility index (Phi) is 5.05. The molecule has 1 N–H and O–H groups in total. The molecule has 3 heterocycles. The second-order valence-corrected chi connectivity index (χ2v) is 8.12. The summed E-state index contributed by atoms with van der Waals surface area (Å²) in [7, 11) is 0.